The summed E-state index contributed by atoms with van der Waals surface area (Å²) in [5.41, 5.74) is 1.28. The van der Waals surface area contributed by atoms with Gasteiger partial charge in [-0.05, 0) is 35.4 Å². The van der Waals surface area contributed by atoms with E-state index in [0.717, 1.165) is 0 Å². The molecule has 0 unspecified atom stereocenters. The predicted molar refractivity (Wildman–Crippen MR) is 77.3 cm³/mol. The molecule has 0 amide bonds. The van der Waals surface area contributed by atoms with Crippen LogP contribution in [0.5, 0.6) is 0 Å². The summed E-state index contributed by atoms with van der Waals surface area (Å²) in [5.74, 6) is 0. The molecule has 21 heavy (non-hydrogen) atoms. The average Bonchev–Trinajstić information content (AvgIpc) is 2.37. The Labute approximate surface area is 144 Å². The van der Waals surface area contributed by atoms with Crippen molar-refractivity contribution in [3.05, 3.63) is 48.5 Å². The van der Waals surface area contributed by atoms with Gasteiger partial charge in [-0.1, -0.05) is 24.3 Å². The molecule has 0 heterocycles. The first-order chi connectivity index (χ1) is 9.18. The molecule has 0 saturated heterocycles. The first kappa shape index (κ1) is 18.3. The largest absolute Gasteiger partial charge is 0.294 e. The van der Waals surface area contributed by atoms with Gasteiger partial charge in [-0.25, -0.2) is 0 Å². The molecule has 1 radical (unpaired) electrons. The third-order valence-electron chi connectivity index (χ3n) is 2.64. The van der Waals surface area contributed by atoms with E-state index >= 15 is 0 Å². The van der Waals surface area contributed by atoms with E-state index in [1.165, 1.54) is 48.5 Å². The normalized spacial score (nSPS) is 11.7. The number of hydrogen-bond donors (Lipinski definition) is 2. The van der Waals surface area contributed by atoms with E-state index in [1.54, 1.807) is 0 Å². The fourth-order valence-corrected chi connectivity index (χ4v) is 2.60. The van der Waals surface area contributed by atoms with Crippen LogP contribution < -0.4 is 0 Å². The fourth-order valence-electron chi connectivity index (χ4n) is 1.64. The summed E-state index contributed by atoms with van der Waals surface area (Å²) in [7, 11) is -8.48. The Morgan fingerprint density at radius 1 is 0.571 bits per heavy atom. The topological polar surface area (TPSA) is 109 Å². The maximum Gasteiger partial charge on any atom is 0.294 e. The van der Waals surface area contributed by atoms with E-state index in [0.29, 0.717) is 11.1 Å². The summed E-state index contributed by atoms with van der Waals surface area (Å²) in [5, 5.41) is 0. The van der Waals surface area contributed by atoms with Crippen LogP contribution in [0.25, 0.3) is 11.1 Å². The van der Waals surface area contributed by atoms with Crippen LogP contribution in [0.15, 0.2) is 58.3 Å². The average molecular weight is 337 g/mol. The van der Waals surface area contributed by atoms with Crippen molar-refractivity contribution in [1.82, 2.24) is 0 Å². The van der Waals surface area contributed by atoms with Crippen molar-refractivity contribution < 1.29 is 25.9 Å². The van der Waals surface area contributed by atoms with Gasteiger partial charge in [0.25, 0.3) is 20.2 Å². The summed E-state index contributed by atoms with van der Waals surface area (Å²) >= 11 is 0. The Morgan fingerprint density at radius 3 is 1.00 bits per heavy atom. The third-order valence-corrected chi connectivity index (χ3v) is 4.37. The molecular formula is C12H10NaO6S2. The second-order valence-corrected chi connectivity index (χ2v) is 6.84. The maximum absolute atomic E-state index is 10.9. The second kappa shape index (κ2) is 6.57. The molecule has 0 aliphatic heterocycles. The molecule has 9 heteroatoms. The molecule has 0 aliphatic carbocycles. The zero-order chi connectivity index (χ0) is 15.0. The molecule has 2 rings (SSSR count). The smallest absolute Gasteiger partial charge is 0.282 e. The van der Waals surface area contributed by atoms with E-state index in [1.807, 2.05) is 0 Å². The minimum absolute atomic E-state index is 0. The van der Waals surface area contributed by atoms with Gasteiger partial charge < -0.3 is 0 Å². The van der Waals surface area contributed by atoms with Crippen LogP contribution in [-0.4, -0.2) is 55.5 Å². The van der Waals surface area contributed by atoms with E-state index < -0.39 is 20.2 Å². The SMILES string of the molecule is O=S(=O)(O)c1ccc(-c2ccc(S(=O)(=O)O)cc2)cc1.[Na]. The van der Waals surface area contributed by atoms with Crippen LogP contribution in [0.1, 0.15) is 0 Å². The van der Waals surface area contributed by atoms with Gasteiger partial charge in [0.1, 0.15) is 0 Å². The Balaban J connectivity index is 0.00000220. The number of benzene rings is 2. The van der Waals surface area contributed by atoms with Crippen molar-refractivity contribution in [3.63, 3.8) is 0 Å². The van der Waals surface area contributed by atoms with Crippen molar-refractivity contribution in [1.29, 1.82) is 0 Å². The molecule has 0 saturated carbocycles. The van der Waals surface area contributed by atoms with E-state index in [9.17, 15) is 16.8 Å². The van der Waals surface area contributed by atoms with Crippen molar-refractivity contribution in [2.45, 2.75) is 9.79 Å². The minimum Gasteiger partial charge on any atom is -0.282 e. The first-order valence-electron chi connectivity index (χ1n) is 5.33. The van der Waals surface area contributed by atoms with Gasteiger partial charge in [-0.3, -0.25) is 9.11 Å². The van der Waals surface area contributed by atoms with Crippen molar-refractivity contribution in [2.24, 2.45) is 0 Å². The fraction of sp³-hybridized carbons (Fsp3) is 0. The Hall–Kier alpha value is -0.740. The Bertz CT molecular complexity index is 751. The molecule has 6 nitrogen and oxygen atoms in total. The van der Waals surface area contributed by atoms with Crippen LogP contribution >= 0.6 is 0 Å². The zero-order valence-corrected chi connectivity index (χ0v) is 14.6. The van der Waals surface area contributed by atoms with Gasteiger partial charge in [0.2, 0.25) is 0 Å². The van der Waals surface area contributed by atoms with E-state index in [-0.39, 0.29) is 39.3 Å². The molecule has 2 aromatic carbocycles. The standard InChI is InChI=1S/C12H10O6S2.Na/c13-19(14,15)11-5-1-9(2-6-11)10-3-7-12(8-4-10)20(16,17)18;/h1-8H,(H,13,14,15)(H,16,17,18);. The van der Waals surface area contributed by atoms with Crippen LogP contribution in [0.3, 0.4) is 0 Å². The second-order valence-electron chi connectivity index (χ2n) is 4.00. The maximum atomic E-state index is 10.9. The van der Waals surface area contributed by atoms with Crippen LogP contribution in [0.4, 0.5) is 0 Å². The van der Waals surface area contributed by atoms with Crippen molar-refractivity contribution in [3.8, 4) is 11.1 Å². The molecule has 2 N–H and O–H groups in total. The Morgan fingerprint density at radius 2 is 0.810 bits per heavy atom. The molecule has 0 aromatic heterocycles. The van der Waals surface area contributed by atoms with E-state index in [2.05, 4.69) is 0 Å². The van der Waals surface area contributed by atoms with Gasteiger partial charge in [0.05, 0.1) is 9.79 Å². The summed E-state index contributed by atoms with van der Waals surface area (Å²) in [6.07, 6.45) is 0. The molecule has 0 fully saturated rings. The van der Waals surface area contributed by atoms with Crippen LogP contribution in [0.2, 0.25) is 0 Å². The molecule has 0 aliphatic rings. The van der Waals surface area contributed by atoms with E-state index in [4.69, 9.17) is 9.11 Å². The summed E-state index contributed by atoms with van der Waals surface area (Å²) < 4.78 is 61.3. The molecule has 0 spiro atoms. The van der Waals surface area contributed by atoms with Gasteiger partial charge in [-0.15, -0.1) is 0 Å². The van der Waals surface area contributed by atoms with Crippen LogP contribution in [-0.2, 0) is 20.2 Å². The van der Waals surface area contributed by atoms with Gasteiger partial charge >= 0.3 is 0 Å². The third kappa shape index (κ3) is 4.62. The van der Waals surface area contributed by atoms with Gasteiger partial charge in [0.15, 0.2) is 0 Å². The summed E-state index contributed by atoms with van der Waals surface area (Å²) in [6.45, 7) is 0. The zero-order valence-electron chi connectivity index (χ0n) is 11.0. The van der Waals surface area contributed by atoms with Crippen molar-refractivity contribution in [2.75, 3.05) is 0 Å². The molecular weight excluding hydrogens is 327 g/mol. The molecule has 2 aromatic rings. The van der Waals surface area contributed by atoms with Crippen LogP contribution in [0, 0.1) is 0 Å². The summed E-state index contributed by atoms with van der Waals surface area (Å²) in [6, 6.07) is 10.9. The monoisotopic (exact) mass is 337 g/mol. The molecule has 0 bridgehead atoms. The van der Waals surface area contributed by atoms with Crippen molar-refractivity contribution >= 4 is 49.8 Å². The predicted octanol–water partition coefficient (Wildman–Crippen LogP) is 1.47. The van der Waals surface area contributed by atoms with Gasteiger partial charge in [-0.2, -0.15) is 16.8 Å². The van der Waals surface area contributed by atoms with Gasteiger partial charge in [0, 0.05) is 29.6 Å². The molecule has 107 valence electrons. The number of hydrogen-bond acceptors (Lipinski definition) is 4. The molecule has 0 atom stereocenters. The first-order valence-corrected chi connectivity index (χ1v) is 8.21. The minimum atomic E-state index is -4.24. The Kier molecular flexibility index (Phi) is 5.73. The summed E-state index contributed by atoms with van der Waals surface area (Å²) in [4.78, 5) is -0.452. The quantitative estimate of drug-likeness (QED) is 0.648. The number of rotatable bonds is 3.